The fourth-order valence-electron chi connectivity index (χ4n) is 3.50. The zero-order chi connectivity index (χ0) is 14.8. The molecule has 2 heterocycles. The van der Waals surface area contributed by atoms with Crippen LogP contribution in [0.3, 0.4) is 0 Å². The topological polar surface area (TPSA) is 49.6 Å². The minimum atomic E-state index is -0.0854. The third kappa shape index (κ3) is 2.39. The fraction of sp³-hybridized carbons (Fsp3) is 0.389. The van der Waals surface area contributed by atoms with Gasteiger partial charge in [0.2, 0.25) is 5.88 Å². The number of nitrogens with zero attached hydrogens (tertiary/aromatic N) is 1. The quantitative estimate of drug-likeness (QED) is 0.871. The number of amidine groups is 1. The minimum Gasteiger partial charge on any atom is -0.447 e. The summed E-state index contributed by atoms with van der Waals surface area (Å²) in [6, 6.07) is 12.4. The van der Waals surface area contributed by atoms with Crippen LogP contribution in [-0.4, -0.2) is 11.4 Å². The highest BCUT2D eigenvalue weighted by Crippen LogP contribution is 2.40. The molecule has 0 saturated heterocycles. The van der Waals surface area contributed by atoms with Crippen molar-refractivity contribution in [3.8, 4) is 0 Å². The van der Waals surface area contributed by atoms with Crippen LogP contribution in [0.4, 0.5) is 11.6 Å². The van der Waals surface area contributed by atoms with Crippen molar-refractivity contribution in [3.05, 3.63) is 48.2 Å². The molecule has 1 aliphatic heterocycles. The van der Waals surface area contributed by atoms with E-state index in [1.54, 1.807) is 6.26 Å². The summed E-state index contributed by atoms with van der Waals surface area (Å²) in [6.45, 7) is 0.802. The Balaban J connectivity index is 1.61. The molecular formula is C18H21N3O. The predicted octanol–water partition coefficient (Wildman–Crippen LogP) is 4.23. The maximum Gasteiger partial charge on any atom is 0.219 e. The maximum atomic E-state index is 5.55. The summed E-state index contributed by atoms with van der Waals surface area (Å²) in [4.78, 5) is 4.85. The molecule has 114 valence electrons. The van der Waals surface area contributed by atoms with Gasteiger partial charge in [0, 0.05) is 12.6 Å². The standard InChI is InChI=1S/C18H21N3O/c1-3-7-14(8-4-1)13-19-17-18(10-5-2-6-11-18)21-16-15(20-17)9-12-22-16/h1,3-4,7-9,12,21H,2,5-6,10-11,13H2,(H,19,20). The Bertz CT molecular complexity index is 669. The van der Waals surface area contributed by atoms with Crippen LogP contribution < -0.4 is 10.6 Å². The second-order valence-electron chi connectivity index (χ2n) is 6.20. The average molecular weight is 295 g/mol. The van der Waals surface area contributed by atoms with Gasteiger partial charge in [-0.05, 0) is 18.4 Å². The van der Waals surface area contributed by atoms with Crippen LogP contribution in [0, 0.1) is 0 Å². The van der Waals surface area contributed by atoms with Crippen molar-refractivity contribution in [2.24, 2.45) is 4.99 Å². The molecule has 22 heavy (non-hydrogen) atoms. The smallest absolute Gasteiger partial charge is 0.219 e. The Hall–Kier alpha value is -2.23. The van der Waals surface area contributed by atoms with E-state index in [9.17, 15) is 0 Å². The number of fused-ring (bicyclic) bond motifs is 1. The van der Waals surface area contributed by atoms with E-state index in [1.165, 1.54) is 24.8 Å². The van der Waals surface area contributed by atoms with Crippen molar-refractivity contribution in [1.82, 2.24) is 5.32 Å². The van der Waals surface area contributed by atoms with Crippen molar-refractivity contribution >= 4 is 17.4 Å². The molecule has 1 fully saturated rings. The molecule has 1 aliphatic carbocycles. The number of nitrogens with one attached hydrogen (secondary N) is 2. The lowest BCUT2D eigenvalue weighted by atomic mass is 9.79. The van der Waals surface area contributed by atoms with E-state index in [2.05, 4.69) is 34.9 Å². The zero-order valence-corrected chi connectivity index (χ0v) is 12.6. The van der Waals surface area contributed by atoms with Crippen molar-refractivity contribution in [3.63, 3.8) is 0 Å². The number of anilines is 1. The largest absolute Gasteiger partial charge is 0.447 e. The number of aliphatic imine (C=N–C) groups is 1. The third-order valence-electron chi connectivity index (χ3n) is 4.69. The van der Waals surface area contributed by atoms with Gasteiger partial charge in [0.1, 0.15) is 11.5 Å². The Labute approximate surface area is 130 Å². The highest BCUT2D eigenvalue weighted by molar-refractivity contribution is 5.99. The van der Waals surface area contributed by atoms with Gasteiger partial charge >= 0.3 is 0 Å². The Kier molecular flexibility index (Phi) is 3.37. The monoisotopic (exact) mass is 295 g/mol. The highest BCUT2D eigenvalue weighted by atomic mass is 16.3. The molecule has 1 aromatic carbocycles. The average Bonchev–Trinajstić information content (AvgIpc) is 3.01. The normalized spacial score (nSPS) is 19.2. The van der Waals surface area contributed by atoms with Crippen molar-refractivity contribution in [1.29, 1.82) is 0 Å². The molecule has 4 rings (SSSR count). The van der Waals surface area contributed by atoms with Gasteiger partial charge in [-0.2, -0.15) is 0 Å². The first-order valence-corrected chi connectivity index (χ1v) is 8.08. The Morgan fingerprint density at radius 3 is 2.73 bits per heavy atom. The van der Waals surface area contributed by atoms with Crippen LogP contribution in [0.5, 0.6) is 0 Å². The first kappa shape index (κ1) is 13.4. The second-order valence-corrected chi connectivity index (χ2v) is 6.20. The molecule has 2 N–H and O–H groups in total. The molecular weight excluding hydrogens is 274 g/mol. The zero-order valence-electron chi connectivity index (χ0n) is 12.6. The van der Waals surface area contributed by atoms with Crippen molar-refractivity contribution in [2.45, 2.75) is 44.2 Å². The second kappa shape index (κ2) is 5.52. The summed E-state index contributed by atoms with van der Waals surface area (Å²) >= 11 is 0. The van der Waals surface area contributed by atoms with Crippen LogP contribution in [0.1, 0.15) is 37.7 Å². The molecule has 0 unspecified atom stereocenters. The minimum absolute atomic E-state index is 0.0854. The van der Waals surface area contributed by atoms with Gasteiger partial charge in [-0.25, -0.2) is 4.99 Å². The summed E-state index contributed by atoms with van der Waals surface area (Å²) in [5, 5.41) is 7.19. The van der Waals surface area contributed by atoms with Crippen LogP contribution in [0.2, 0.25) is 0 Å². The van der Waals surface area contributed by atoms with Crippen molar-refractivity contribution < 1.29 is 4.42 Å². The summed E-state index contributed by atoms with van der Waals surface area (Å²) in [5.74, 6) is 1.87. The molecule has 0 atom stereocenters. The lowest BCUT2D eigenvalue weighted by Gasteiger charge is -2.41. The van der Waals surface area contributed by atoms with Gasteiger partial charge in [-0.3, -0.25) is 0 Å². The van der Waals surface area contributed by atoms with Gasteiger partial charge in [0.15, 0.2) is 0 Å². The first-order chi connectivity index (χ1) is 10.9. The van der Waals surface area contributed by atoms with E-state index in [4.69, 9.17) is 9.41 Å². The Morgan fingerprint density at radius 1 is 1.09 bits per heavy atom. The maximum absolute atomic E-state index is 5.55. The number of furan rings is 1. The summed E-state index contributed by atoms with van der Waals surface area (Å²) in [7, 11) is 0. The first-order valence-electron chi connectivity index (χ1n) is 8.08. The lowest BCUT2D eigenvalue weighted by Crippen LogP contribution is -2.54. The molecule has 4 nitrogen and oxygen atoms in total. The molecule has 2 aliphatic rings. The SMILES string of the molecule is c1ccc(CNC2=Nc3ccoc3NC23CCCCC3)cc1. The highest BCUT2D eigenvalue weighted by Gasteiger charge is 2.41. The van der Waals surface area contributed by atoms with Gasteiger partial charge < -0.3 is 15.1 Å². The Morgan fingerprint density at radius 2 is 1.91 bits per heavy atom. The van der Waals surface area contributed by atoms with E-state index in [-0.39, 0.29) is 5.54 Å². The van der Waals surface area contributed by atoms with Crippen LogP contribution >= 0.6 is 0 Å². The van der Waals surface area contributed by atoms with Gasteiger partial charge in [-0.15, -0.1) is 0 Å². The van der Waals surface area contributed by atoms with Gasteiger partial charge in [0.05, 0.1) is 11.8 Å². The predicted molar refractivity (Wildman–Crippen MR) is 88.5 cm³/mol. The third-order valence-corrected chi connectivity index (χ3v) is 4.69. The molecule has 1 aromatic heterocycles. The van der Waals surface area contributed by atoms with E-state index in [1.807, 2.05) is 12.1 Å². The van der Waals surface area contributed by atoms with E-state index < -0.39 is 0 Å². The number of hydrogen-bond donors (Lipinski definition) is 2. The number of hydrogen-bond acceptors (Lipinski definition) is 4. The molecule has 2 aromatic rings. The van der Waals surface area contributed by atoms with E-state index in [0.29, 0.717) is 0 Å². The van der Waals surface area contributed by atoms with Crippen molar-refractivity contribution in [2.75, 3.05) is 5.32 Å². The van der Waals surface area contributed by atoms with Crippen LogP contribution in [-0.2, 0) is 6.54 Å². The van der Waals surface area contributed by atoms with Gasteiger partial charge in [-0.1, -0.05) is 49.6 Å². The molecule has 0 radical (unpaired) electrons. The molecule has 1 spiro atoms. The lowest BCUT2D eigenvalue weighted by molar-refractivity contribution is 0.386. The summed E-state index contributed by atoms with van der Waals surface area (Å²) in [6.07, 6.45) is 7.68. The van der Waals surface area contributed by atoms with Gasteiger partial charge in [0.25, 0.3) is 0 Å². The number of benzene rings is 1. The molecule has 0 bridgehead atoms. The summed E-state index contributed by atoms with van der Waals surface area (Å²) < 4.78 is 5.55. The summed E-state index contributed by atoms with van der Waals surface area (Å²) in [5.41, 5.74) is 2.08. The van der Waals surface area contributed by atoms with Crippen LogP contribution in [0.15, 0.2) is 52.1 Å². The number of rotatable bonds is 2. The van der Waals surface area contributed by atoms with E-state index >= 15 is 0 Å². The molecule has 0 amide bonds. The molecule has 1 saturated carbocycles. The van der Waals surface area contributed by atoms with E-state index in [0.717, 1.165) is 36.8 Å². The fourth-order valence-corrected chi connectivity index (χ4v) is 3.50. The molecule has 4 heteroatoms. The van der Waals surface area contributed by atoms with Crippen LogP contribution in [0.25, 0.3) is 0 Å².